The Morgan fingerprint density at radius 2 is 2.24 bits per heavy atom. The van der Waals surface area contributed by atoms with Crippen LogP contribution < -0.4 is 0 Å². The number of carbonyl (C=O) groups excluding carboxylic acids is 1. The van der Waals surface area contributed by atoms with Gasteiger partial charge in [0.05, 0.1) is 13.2 Å². The lowest BCUT2D eigenvalue weighted by Gasteiger charge is -2.32. The lowest BCUT2D eigenvalue weighted by atomic mass is 10.1. The minimum absolute atomic E-state index is 0.165. The van der Waals surface area contributed by atoms with E-state index in [1.165, 1.54) is 16.9 Å². The number of carbonyl (C=O) groups is 1. The Bertz CT molecular complexity index is 488. The summed E-state index contributed by atoms with van der Waals surface area (Å²) in [6.07, 6.45) is 5.51. The second kappa shape index (κ2) is 6.90. The van der Waals surface area contributed by atoms with E-state index >= 15 is 0 Å². The molecule has 1 unspecified atom stereocenters. The van der Waals surface area contributed by atoms with Crippen molar-refractivity contribution in [2.75, 3.05) is 26.2 Å². The van der Waals surface area contributed by atoms with Crippen LogP contribution in [0.5, 0.6) is 0 Å². The third-order valence-corrected chi connectivity index (χ3v) is 5.73. The Morgan fingerprint density at radius 1 is 1.33 bits per heavy atom. The molecular formula is C16H24N2O2S. The second-order valence-electron chi connectivity index (χ2n) is 6.09. The molecule has 0 aromatic carbocycles. The van der Waals surface area contributed by atoms with E-state index in [-0.39, 0.29) is 18.6 Å². The van der Waals surface area contributed by atoms with Gasteiger partial charge in [-0.05, 0) is 42.8 Å². The number of fused-ring (bicyclic) bond motifs is 1. The first-order valence-electron chi connectivity index (χ1n) is 7.96. The number of aliphatic hydroxyl groups is 1. The van der Waals surface area contributed by atoms with Crippen LogP contribution >= 0.6 is 11.3 Å². The molecule has 21 heavy (non-hydrogen) atoms. The van der Waals surface area contributed by atoms with E-state index in [1.807, 2.05) is 4.90 Å². The van der Waals surface area contributed by atoms with Gasteiger partial charge in [-0.1, -0.05) is 12.8 Å². The van der Waals surface area contributed by atoms with Gasteiger partial charge in [0.1, 0.15) is 0 Å². The zero-order chi connectivity index (χ0) is 14.7. The fraction of sp³-hybridized carbons (Fsp3) is 0.688. The molecule has 3 rings (SSSR count). The number of aliphatic hydroxyl groups excluding tert-OH is 1. The standard InChI is InChI=1S/C16H24N2O2S/c19-12-14-4-2-1-3-7-17(14)11-16(20)18-8-5-15-13(10-18)6-9-21-15/h6,9,14,19H,1-5,7-8,10-12H2. The summed E-state index contributed by atoms with van der Waals surface area (Å²) in [6, 6.07) is 2.31. The summed E-state index contributed by atoms with van der Waals surface area (Å²) in [7, 11) is 0. The maximum atomic E-state index is 12.6. The molecule has 2 aliphatic heterocycles. The Kier molecular flexibility index (Phi) is 4.93. The van der Waals surface area contributed by atoms with E-state index in [4.69, 9.17) is 0 Å². The molecule has 1 saturated heterocycles. The summed E-state index contributed by atoms with van der Waals surface area (Å²) in [5, 5.41) is 11.7. The molecule has 4 nitrogen and oxygen atoms in total. The first-order chi connectivity index (χ1) is 10.3. The largest absolute Gasteiger partial charge is 0.395 e. The average molecular weight is 308 g/mol. The fourth-order valence-corrected chi connectivity index (χ4v) is 4.28. The van der Waals surface area contributed by atoms with E-state index in [0.717, 1.165) is 45.3 Å². The van der Waals surface area contributed by atoms with E-state index < -0.39 is 0 Å². The highest BCUT2D eigenvalue weighted by molar-refractivity contribution is 7.10. The van der Waals surface area contributed by atoms with Gasteiger partial charge in [-0.25, -0.2) is 0 Å². The minimum atomic E-state index is 0.165. The molecule has 5 heteroatoms. The van der Waals surface area contributed by atoms with Crippen molar-refractivity contribution in [1.82, 2.24) is 9.80 Å². The van der Waals surface area contributed by atoms with Crippen LogP contribution in [0.25, 0.3) is 0 Å². The van der Waals surface area contributed by atoms with Gasteiger partial charge in [0.25, 0.3) is 0 Å². The predicted octanol–water partition coefficient (Wildman–Crippen LogP) is 1.87. The molecule has 1 N–H and O–H groups in total. The zero-order valence-electron chi connectivity index (χ0n) is 12.5. The maximum Gasteiger partial charge on any atom is 0.237 e. The van der Waals surface area contributed by atoms with Crippen molar-refractivity contribution < 1.29 is 9.90 Å². The smallest absolute Gasteiger partial charge is 0.237 e. The minimum Gasteiger partial charge on any atom is -0.395 e. The van der Waals surface area contributed by atoms with E-state index in [0.29, 0.717) is 6.54 Å². The molecule has 0 radical (unpaired) electrons. The molecule has 0 aliphatic carbocycles. The number of rotatable bonds is 3. The molecule has 0 bridgehead atoms. The van der Waals surface area contributed by atoms with Gasteiger partial charge in [-0.3, -0.25) is 9.69 Å². The summed E-state index contributed by atoms with van der Waals surface area (Å²) in [5.41, 5.74) is 1.31. The van der Waals surface area contributed by atoms with Gasteiger partial charge >= 0.3 is 0 Å². The Morgan fingerprint density at radius 3 is 3.10 bits per heavy atom. The van der Waals surface area contributed by atoms with Crippen LogP contribution in [0, 0.1) is 0 Å². The molecule has 1 amide bonds. The van der Waals surface area contributed by atoms with Crippen molar-refractivity contribution in [1.29, 1.82) is 0 Å². The molecule has 1 atom stereocenters. The quantitative estimate of drug-likeness (QED) is 0.927. The average Bonchev–Trinajstić information content (AvgIpc) is 2.86. The van der Waals surface area contributed by atoms with Crippen LogP contribution in [-0.2, 0) is 17.8 Å². The molecule has 1 aromatic heterocycles. The Balaban J connectivity index is 1.60. The number of likely N-dealkylation sites (tertiary alicyclic amines) is 1. The Hall–Kier alpha value is -0.910. The van der Waals surface area contributed by atoms with Crippen LogP contribution in [0.1, 0.15) is 36.1 Å². The van der Waals surface area contributed by atoms with E-state index in [9.17, 15) is 9.90 Å². The lowest BCUT2D eigenvalue weighted by Crippen LogP contribution is -2.46. The van der Waals surface area contributed by atoms with Crippen molar-refractivity contribution in [3.05, 3.63) is 21.9 Å². The lowest BCUT2D eigenvalue weighted by molar-refractivity contribution is -0.134. The molecule has 0 spiro atoms. The van der Waals surface area contributed by atoms with Crippen molar-refractivity contribution >= 4 is 17.2 Å². The summed E-state index contributed by atoms with van der Waals surface area (Å²) in [4.78, 5) is 18.2. The van der Waals surface area contributed by atoms with Crippen LogP contribution in [0.3, 0.4) is 0 Å². The predicted molar refractivity (Wildman–Crippen MR) is 84.4 cm³/mol. The SMILES string of the molecule is O=C(CN1CCCCCC1CO)N1CCc2sccc2C1. The topological polar surface area (TPSA) is 43.8 Å². The van der Waals surface area contributed by atoms with Crippen LogP contribution in [-0.4, -0.2) is 53.1 Å². The maximum absolute atomic E-state index is 12.6. The summed E-state index contributed by atoms with van der Waals surface area (Å²) in [6.45, 7) is 3.17. The normalized spacial score (nSPS) is 23.7. The molecule has 116 valence electrons. The Labute approximate surface area is 130 Å². The first kappa shape index (κ1) is 15.0. The molecular weight excluding hydrogens is 284 g/mol. The van der Waals surface area contributed by atoms with Gasteiger partial charge in [0.2, 0.25) is 5.91 Å². The highest BCUT2D eigenvalue weighted by Crippen LogP contribution is 2.24. The number of amides is 1. The van der Waals surface area contributed by atoms with Gasteiger partial charge in [-0.2, -0.15) is 0 Å². The molecule has 0 saturated carbocycles. The highest BCUT2D eigenvalue weighted by atomic mass is 32.1. The third kappa shape index (κ3) is 3.47. The number of hydrogen-bond acceptors (Lipinski definition) is 4. The highest BCUT2D eigenvalue weighted by Gasteiger charge is 2.26. The summed E-state index contributed by atoms with van der Waals surface area (Å²) >= 11 is 1.80. The number of nitrogens with zero attached hydrogens (tertiary/aromatic N) is 2. The van der Waals surface area contributed by atoms with Crippen molar-refractivity contribution in [3.63, 3.8) is 0 Å². The molecule has 2 aliphatic rings. The van der Waals surface area contributed by atoms with Crippen molar-refractivity contribution in [3.8, 4) is 0 Å². The van der Waals surface area contributed by atoms with E-state index in [1.54, 1.807) is 11.3 Å². The van der Waals surface area contributed by atoms with E-state index in [2.05, 4.69) is 16.3 Å². The number of hydrogen-bond donors (Lipinski definition) is 1. The number of thiophene rings is 1. The molecule has 1 aromatic rings. The van der Waals surface area contributed by atoms with Crippen LogP contribution in [0.2, 0.25) is 0 Å². The summed E-state index contributed by atoms with van der Waals surface area (Å²) < 4.78 is 0. The molecule has 1 fully saturated rings. The van der Waals surface area contributed by atoms with Crippen molar-refractivity contribution in [2.24, 2.45) is 0 Å². The van der Waals surface area contributed by atoms with Gasteiger partial charge in [0.15, 0.2) is 0 Å². The third-order valence-electron chi connectivity index (χ3n) is 4.71. The van der Waals surface area contributed by atoms with Crippen LogP contribution in [0.4, 0.5) is 0 Å². The second-order valence-corrected chi connectivity index (χ2v) is 7.09. The molecule has 3 heterocycles. The monoisotopic (exact) mass is 308 g/mol. The zero-order valence-corrected chi connectivity index (χ0v) is 13.3. The van der Waals surface area contributed by atoms with Crippen LogP contribution in [0.15, 0.2) is 11.4 Å². The van der Waals surface area contributed by atoms with Gasteiger partial charge in [0, 0.05) is 24.0 Å². The van der Waals surface area contributed by atoms with Gasteiger partial charge in [-0.15, -0.1) is 11.3 Å². The fourth-order valence-electron chi connectivity index (χ4n) is 3.39. The first-order valence-corrected chi connectivity index (χ1v) is 8.84. The van der Waals surface area contributed by atoms with Gasteiger partial charge < -0.3 is 10.0 Å². The van der Waals surface area contributed by atoms with Crippen molar-refractivity contribution in [2.45, 2.75) is 44.7 Å². The summed E-state index contributed by atoms with van der Waals surface area (Å²) in [5.74, 6) is 0.215.